The summed E-state index contributed by atoms with van der Waals surface area (Å²) < 4.78 is 5.21. The molecule has 2 aliphatic rings. The largest absolute Gasteiger partial charge is 0.379 e. The van der Waals surface area contributed by atoms with Crippen molar-refractivity contribution in [3.05, 3.63) is 0 Å². The highest BCUT2D eigenvalue weighted by molar-refractivity contribution is 5.74. The summed E-state index contributed by atoms with van der Waals surface area (Å²) in [5, 5.41) is 9.30. The highest BCUT2D eigenvalue weighted by atomic mass is 16.5. The van der Waals surface area contributed by atoms with Gasteiger partial charge in [0.2, 0.25) is 0 Å². The van der Waals surface area contributed by atoms with Crippen molar-refractivity contribution in [1.82, 2.24) is 16.0 Å². The topological polar surface area (TPSA) is 62.4 Å². The predicted octanol–water partition coefficient (Wildman–Crippen LogP) is 0.215. The molecule has 3 atom stereocenters. The molecule has 0 radical (unpaired) electrons. The second kappa shape index (κ2) is 5.50. The molecule has 0 spiro atoms. The molecule has 0 aromatic rings. The second-order valence-electron chi connectivity index (χ2n) is 4.76. The molecule has 5 nitrogen and oxygen atoms in total. The average molecular weight is 227 g/mol. The summed E-state index contributed by atoms with van der Waals surface area (Å²) >= 11 is 0. The molecule has 16 heavy (non-hydrogen) atoms. The van der Waals surface area contributed by atoms with Gasteiger partial charge in [0.25, 0.3) is 0 Å². The Hall–Kier alpha value is -0.810. The number of carbonyl (C=O) groups is 1. The average Bonchev–Trinajstić information content (AvgIpc) is 2.74. The van der Waals surface area contributed by atoms with E-state index >= 15 is 0 Å². The van der Waals surface area contributed by atoms with Gasteiger partial charge in [-0.15, -0.1) is 0 Å². The van der Waals surface area contributed by atoms with E-state index in [-0.39, 0.29) is 18.1 Å². The van der Waals surface area contributed by atoms with Crippen LogP contribution in [0.15, 0.2) is 0 Å². The maximum Gasteiger partial charge on any atom is 0.315 e. The van der Waals surface area contributed by atoms with Gasteiger partial charge in [0, 0.05) is 25.2 Å². The van der Waals surface area contributed by atoms with Gasteiger partial charge in [0.15, 0.2) is 0 Å². The first-order valence-corrected chi connectivity index (χ1v) is 6.12. The molecule has 0 bridgehead atoms. The lowest BCUT2D eigenvalue weighted by atomic mass is 10.0. The highest BCUT2D eigenvalue weighted by Gasteiger charge is 2.21. The third-order valence-corrected chi connectivity index (χ3v) is 3.26. The summed E-state index contributed by atoms with van der Waals surface area (Å²) in [6.45, 7) is 4.45. The Bertz CT molecular complexity index is 233. The number of ether oxygens (including phenoxy) is 1. The maximum atomic E-state index is 11.6. The van der Waals surface area contributed by atoms with E-state index in [1.54, 1.807) is 0 Å². The molecule has 0 aromatic carbocycles. The Morgan fingerprint density at radius 3 is 2.69 bits per heavy atom. The molecule has 92 valence electrons. The Morgan fingerprint density at radius 1 is 1.25 bits per heavy atom. The van der Waals surface area contributed by atoms with E-state index in [1.165, 1.54) is 0 Å². The van der Waals surface area contributed by atoms with Crippen LogP contribution >= 0.6 is 0 Å². The molecule has 5 heteroatoms. The summed E-state index contributed by atoms with van der Waals surface area (Å²) in [6.07, 6.45) is 3.10. The molecule has 2 aliphatic heterocycles. The minimum absolute atomic E-state index is 0.0585. The molecule has 2 heterocycles. The molecule has 2 amide bonds. The van der Waals surface area contributed by atoms with E-state index in [9.17, 15) is 4.79 Å². The van der Waals surface area contributed by atoms with Crippen molar-refractivity contribution in [3.8, 4) is 0 Å². The molecular weight excluding hydrogens is 206 g/mol. The van der Waals surface area contributed by atoms with Gasteiger partial charge < -0.3 is 20.7 Å². The number of piperidine rings is 1. The Morgan fingerprint density at radius 2 is 2.06 bits per heavy atom. The second-order valence-corrected chi connectivity index (χ2v) is 4.76. The number of nitrogens with one attached hydrogen (secondary N) is 3. The van der Waals surface area contributed by atoms with Crippen LogP contribution in [0.25, 0.3) is 0 Å². The van der Waals surface area contributed by atoms with Gasteiger partial charge in [-0.05, 0) is 26.2 Å². The van der Waals surface area contributed by atoms with Gasteiger partial charge in [-0.1, -0.05) is 0 Å². The first kappa shape index (κ1) is 11.7. The van der Waals surface area contributed by atoms with Crippen molar-refractivity contribution >= 4 is 6.03 Å². The van der Waals surface area contributed by atoms with E-state index in [4.69, 9.17) is 4.74 Å². The molecule has 2 rings (SSSR count). The van der Waals surface area contributed by atoms with Crippen LogP contribution < -0.4 is 16.0 Å². The molecule has 0 aliphatic carbocycles. The maximum absolute atomic E-state index is 11.6. The Labute approximate surface area is 96.3 Å². The van der Waals surface area contributed by atoms with E-state index in [0.29, 0.717) is 12.6 Å². The summed E-state index contributed by atoms with van der Waals surface area (Å²) in [6, 6.07) is 0.968. The fourth-order valence-electron chi connectivity index (χ4n) is 2.18. The summed E-state index contributed by atoms with van der Waals surface area (Å²) in [5.74, 6) is 0. The Kier molecular flexibility index (Phi) is 4.01. The normalized spacial score (nSPS) is 34.7. The molecular formula is C11H21N3O2. The molecule has 3 unspecified atom stereocenters. The van der Waals surface area contributed by atoms with Crippen LogP contribution in [0, 0.1) is 0 Å². The monoisotopic (exact) mass is 227 g/mol. The van der Waals surface area contributed by atoms with Crippen LogP contribution in [0.1, 0.15) is 26.2 Å². The zero-order valence-electron chi connectivity index (χ0n) is 9.79. The number of rotatable bonds is 2. The van der Waals surface area contributed by atoms with E-state index in [2.05, 4.69) is 22.9 Å². The minimum atomic E-state index is -0.0585. The van der Waals surface area contributed by atoms with Crippen LogP contribution in [0.4, 0.5) is 4.79 Å². The fourth-order valence-corrected chi connectivity index (χ4v) is 2.18. The van der Waals surface area contributed by atoms with Gasteiger partial charge in [-0.2, -0.15) is 0 Å². The van der Waals surface area contributed by atoms with Crippen molar-refractivity contribution < 1.29 is 9.53 Å². The SMILES string of the molecule is CC1CCC(NC(=O)NC2CCOC2)CN1. The van der Waals surface area contributed by atoms with Crippen molar-refractivity contribution in [2.75, 3.05) is 19.8 Å². The fraction of sp³-hybridized carbons (Fsp3) is 0.909. The van der Waals surface area contributed by atoms with Gasteiger partial charge in [-0.3, -0.25) is 0 Å². The number of carbonyl (C=O) groups excluding carboxylic acids is 1. The van der Waals surface area contributed by atoms with Crippen molar-refractivity contribution in [2.24, 2.45) is 0 Å². The van der Waals surface area contributed by atoms with Gasteiger partial charge in [0.05, 0.1) is 12.6 Å². The molecule has 0 saturated carbocycles. The quantitative estimate of drug-likeness (QED) is 0.632. The number of amides is 2. The molecule has 3 N–H and O–H groups in total. The van der Waals surface area contributed by atoms with E-state index < -0.39 is 0 Å². The first-order chi connectivity index (χ1) is 7.74. The number of hydrogen-bond acceptors (Lipinski definition) is 3. The molecule has 2 fully saturated rings. The van der Waals surface area contributed by atoms with Gasteiger partial charge >= 0.3 is 6.03 Å². The zero-order valence-corrected chi connectivity index (χ0v) is 9.79. The van der Waals surface area contributed by atoms with Gasteiger partial charge in [0.1, 0.15) is 0 Å². The predicted molar refractivity (Wildman–Crippen MR) is 61.4 cm³/mol. The van der Waals surface area contributed by atoms with Crippen molar-refractivity contribution in [1.29, 1.82) is 0 Å². The minimum Gasteiger partial charge on any atom is -0.379 e. The summed E-state index contributed by atoms with van der Waals surface area (Å²) in [7, 11) is 0. The third-order valence-electron chi connectivity index (χ3n) is 3.26. The van der Waals surface area contributed by atoms with Crippen LogP contribution in [0.3, 0.4) is 0 Å². The summed E-state index contributed by atoms with van der Waals surface area (Å²) in [4.78, 5) is 11.6. The smallest absolute Gasteiger partial charge is 0.315 e. The lowest BCUT2D eigenvalue weighted by Crippen LogP contribution is -2.52. The zero-order chi connectivity index (χ0) is 11.4. The van der Waals surface area contributed by atoms with Crippen molar-refractivity contribution in [3.63, 3.8) is 0 Å². The molecule has 2 saturated heterocycles. The summed E-state index contributed by atoms with van der Waals surface area (Å²) in [5.41, 5.74) is 0. The van der Waals surface area contributed by atoms with Crippen molar-refractivity contribution in [2.45, 2.75) is 44.3 Å². The standard InChI is InChI=1S/C11H21N3O2/c1-8-2-3-9(6-12-8)13-11(15)14-10-4-5-16-7-10/h8-10,12H,2-7H2,1H3,(H2,13,14,15). The van der Waals surface area contributed by atoms with E-state index in [1.807, 2.05) is 0 Å². The highest BCUT2D eigenvalue weighted by Crippen LogP contribution is 2.07. The van der Waals surface area contributed by atoms with Crippen LogP contribution in [-0.4, -0.2) is 43.9 Å². The van der Waals surface area contributed by atoms with Crippen LogP contribution in [0.5, 0.6) is 0 Å². The van der Waals surface area contributed by atoms with Crippen LogP contribution in [0.2, 0.25) is 0 Å². The number of hydrogen-bond donors (Lipinski definition) is 3. The number of urea groups is 1. The van der Waals surface area contributed by atoms with Crippen LogP contribution in [-0.2, 0) is 4.74 Å². The van der Waals surface area contributed by atoms with Gasteiger partial charge in [-0.25, -0.2) is 4.79 Å². The lowest BCUT2D eigenvalue weighted by molar-refractivity contribution is 0.187. The third kappa shape index (κ3) is 3.35. The lowest BCUT2D eigenvalue weighted by Gasteiger charge is -2.28. The first-order valence-electron chi connectivity index (χ1n) is 6.12. The Balaban J connectivity index is 1.66. The van der Waals surface area contributed by atoms with E-state index in [0.717, 1.165) is 32.4 Å². The molecule has 0 aromatic heterocycles.